The van der Waals surface area contributed by atoms with Gasteiger partial charge in [-0.05, 0) is 39.3 Å². The maximum atomic E-state index is 12.9. The molecule has 1 atom stereocenters. The summed E-state index contributed by atoms with van der Waals surface area (Å²) in [6.45, 7) is 5.94. The molecule has 1 aliphatic carbocycles. The van der Waals surface area contributed by atoms with Crippen molar-refractivity contribution in [2.45, 2.75) is 27.2 Å². The molecular weight excluding hydrogens is 274 g/mol. The standard InChI is InChI=1S/C19H19NO2/c1-12-8-9-19(3,10-13(12)2)18(22)15-11-20-16-7-5-4-6-14(16)17(15)21/h4-8,10-11H,9H2,1-3H3,(H,20,21). The fourth-order valence-corrected chi connectivity index (χ4v) is 2.98. The molecule has 3 heteroatoms. The summed E-state index contributed by atoms with van der Waals surface area (Å²) in [7, 11) is 0. The molecule has 1 N–H and O–H groups in total. The Balaban J connectivity index is 2.11. The average molecular weight is 293 g/mol. The maximum Gasteiger partial charge on any atom is 0.200 e. The number of carbonyl (C=O) groups is 1. The summed E-state index contributed by atoms with van der Waals surface area (Å²) in [6.07, 6.45) is 6.23. The summed E-state index contributed by atoms with van der Waals surface area (Å²) in [5, 5.41) is 0.556. The predicted molar refractivity (Wildman–Crippen MR) is 89.1 cm³/mol. The molecule has 1 aromatic carbocycles. The van der Waals surface area contributed by atoms with Crippen molar-refractivity contribution in [3.8, 4) is 0 Å². The number of aromatic amines is 1. The van der Waals surface area contributed by atoms with E-state index in [1.807, 2.05) is 45.0 Å². The van der Waals surface area contributed by atoms with E-state index in [1.54, 1.807) is 12.3 Å². The minimum atomic E-state index is -0.654. The van der Waals surface area contributed by atoms with Crippen LogP contribution in [0.25, 0.3) is 10.9 Å². The van der Waals surface area contributed by atoms with E-state index < -0.39 is 5.41 Å². The molecule has 1 heterocycles. The van der Waals surface area contributed by atoms with Gasteiger partial charge >= 0.3 is 0 Å². The summed E-state index contributed by atoms with van der Waals surface area (Å²) in [4.78, 5) is 28.6. The molecule has 0 radical (unpaired) electrons. The highest BCUT2D eigenvalue weighted by molar-refractivity contribution is 6.03. The number of hydrogen-bond donors (Lipinski definition) is 1. The lowest BCUT2D eigenvalue weighted by Gasteiger charge is -2.28. The predicted octanol–water partition coefficient (Wildman–Crippen LogP) is 4.01. The van der Waals surface area contributed by atoms with E-state index in [4.69, 9.17) is 0 Å². The number of pyridine rings is 1. The number of nitrogens with one attached hydrogen (secondary N) is 1. The molecule has 0 amide bonds. The highest BCUT2D eigenvalue weighted by atomic mass is 16.1. The van der Waals surface area contributed by atoms with Gasteiger partial charge in [-0.25, -0.2) is 0 Å². The lowest BCUT2D eigenvalue weighted by molar-refractivity contribution is 0.0868. The summed E-state index contributed by atoms with van der Waals surface area (Å²) >= 11 is 0. The van der Waals surface area contributed by atoms with E-state index in [0.29, 0.717) is 11.8 Å². The fourth-order valence-electron chi connectivity index (χ4n) is 2.98. The Morgan fingerprint density at radius 1 is 1.18 bits per heavy atom. The lowest BCUT2D eigenvalue weighted by Crippen LogP contribution is -2.31. The van der Waals surface area contributed by atoms with Crippen molar-refractivity contribution in [1.82, 2.24) is 4.98 Å². The number of hydrogen-bond acceptors (Lipinski definition) is 2. The monoisotopic (exact) mass is 293 g/mol. The molecule has 1 aromatic heterocycles. The highest BCUT2D eigenvalue weighted by Gasteiger charge is 2.34. The van der Waals surface area contributed by atoms with E-state index in [-0.39, 0.29) is 16.8 Å². The molecule has 3 nitrogen and oxygen atoms in total. The van der Waals surface area contributed by atoms with Gasteiger partial charge in [0, 0.05) is 17.1 Å². The number of allylic oxidation sites excluding steroid dienone is 4. The Hall–Kier alpha value is -2.42. The van der Waals surface area contributed by atoms with E-state index in [1.165, 1.54) is 5.57 Å². The number of rotatable bonds is 2. The van der Waals surface area contributed by atoms with Crippen LogP contribution in [0.3, 0.4) is 0 Å². The molecule has 1 unspecified atom stereocenters. The first kappa shape index (κ1) is 14.5. The third-order valence-corrected chi connectivity index (χ3v) is 4.54. The van der Waals surface area contributed by atoms with Crippen molar-refractivity contribution < 1.29 is 4.79 Å². The number of fused-ring (bicyclic) bond motifs is 1. The molecule has 112 valence electrons. The van der Waals surface area contributed by atoms with Crippen LogP contribution in [0, 0.1) is 5.41 Å². The van der Waals surface area contributed by atoms with E-state index >= 15 is 0 Å². The van der Waals surface area contributed by atoms with Crippen molar-refractivity contribution in [2.24, 2.45) is 5.41 Å². The molecule has 22 heavy (non-hydrogen) atoms. The van der Waals surface area contributed by atoms with Crippen LogP contribution in [0.1, 0.15) is 37.6 Å². The van der Waals surface area contributed by atoms with Crippen LogP contribution >= 0.6 is 0 Å². The smallest absolute Gasteiger partial charge is 0.200 e. The Morgan fingerprint density at radius 2 is 1.91 bits per heavy atom. The van der Waals surface area contributed by atoms with Gasteiger partial charge in [0.1, 0.15) is 0 Å². The lowest BCUT2D eigenvalue weighted by atomic mass is 9.74. The number of Topliss-reactive ketones (excluding diaryl/α,β-unsaturated/α-hetero) is 1. The third kappa shape index (κ3) is 2.23. The average Bonchev–Trinajstić information content (AvgIpc) is 2.51. The molecule has 0 saturated carbocycles. The Labute approximate surface area is 129 Å². The zero-order valence-corrected chi connectivity index (χ0v) is 13.1. The summed E-state index contributed by atoms with van der Waals surface area (Å²) in [5.74, 6) is -0.123. The SMILES string of the molecule is CC1=CCC(C)(C(=O)c2c[nH]c3ccccc3c2=O)C=C1C. The number of aromatic nitrogens is 1. The first-order chi connectivity index (χ1) is 10.4. The Morgan fingerprint density at radius 3 is 2.64 bits per heavy atom. The number of para-hydroxylation sites is 1. The zero-order valence-electron chi connectivity index (χ0n) is 13.1. The minimum absolute atomic E-state index is 0.123. The molecule has 3 rings (SSSR count). The number of H-pyrrole nitrogens is 1. The van der Waals surface area contributed by atoms with Crippen LogP contribution in [0.15, 0.2) is 58.6 Å². The second kappa shape index (κ2) is 5.09. The van der Waals surface area contributed by atoms with Crippen molar-refractivity contribution in [3.05, 3.63) is 69.5 Å². The van der Waals surface area contributed by atoms with Gasteiger partial charge in [0.2, 0.25) is 0 Å². The molecular formula is C19H19NO2. The van der Waals surface area contributed by atoms with Crippen molar-refractivity contribution in [1.29, 1.82) is 0 Å². The van der Waals surface area contributed by atoms with Gasteiger partial charge in [0.05, 0.1) is 11.0 Å². The van der Waals surface area contributed by atoms with Crippen LogP contribution in [-0.4, -0.2) is 10.8 Å². The Kier molecular flexibility index (Phi) is 3.36. The molecule has 0 spiro atoms. The van der Waals surface area contributed by atoms with Crippen molar-refractivity contribution in [3.63, 3.8) is 0 Å². The van der Waals surface area contributed by atoms with Gasteiger partial charge in [-0.1, -0.05) is 35.4 Å². The summed E-state index contributed by atoms with van der Waals surface area (Å²) < 4.78 is 0. The van der Waals surface area contributed by atoms with Crippen molar-refractivity contribution in [2.75, 3.05) is 0 Å². The molecule has 0 bridgehead atoms. The Bertz CT molecular complexity index is 886. The minimum Gasteiger partial charge on any atom is -0.360 e. The van der Waals surface area contributed by atoms with Gasteiger partial charge in [0.25, 0.3) is 0 Å². The van der Waals surface area contributed by atoms with Crippen LogP contribution in [0.4, 0.5) is 0 Å². The van der Waals surface area contributed by atoms with E-state index in [9.17, 15) is 9.59 Å². The number of ketones is 1. The van der Waals surface area contributed by atoms with Gasteiger partial charge in [-0.2, -0.15) is 0 Å². The van der Waals surface area contributed by atoms with Crippen LogP contribution < -0.4 is 5.43 Å². The molecule has 0 saturated heterocycles. The zero-order chi connectivity index (χ0) is 15.9. The number of benzene rings is 1. The van der Waals surface area contributed by atoms with Crippen LogP contribution in [-0.2, 0) is 0 Å². The normalized spacial score (nSPS) is 21.4. The van der Waals surface area contributed by atoms with Gasteiger partial charge in [0.15, 0.2) is 11.2 Å². The van der Waals surface area contributed by atoms with E-state index in [0.717, 1.165) is 11.1 Å². The number of carbonyl (C=O) groups excluding carboxylic acids is 1. The first-order valence-electron chi connectivity index (χ1n) is 7.44. The molecule has 1 aliphatic rings. The van der Waals surface area contributed by atoms with Gasteiger partial charge in [-0.3, -0.25) is 9.59 Å². The highest BCUT2D eigenvalue weighted by Crippen LogP contribution is 2.35. The second-order valence-electron chi connectivity index (χ2n) is 6.24. The topological polar surface area (TPSA) is 49.9 Å². The van der Waals surface area contributed by atoms with Crippen LogP contribution in [0.2, 0.25) is 0 Å². The van der Waals surface area contributed by atoms with Gasteiger partial charge < -0.3 is 4.98 Å². The third-order valence-electron chi connectivity index (χ3n) is 4.54. The van der Waals surface area contributed by atoms with E-state index in [2.05, 4.69) is 11.1 Å². The first-order valence-corrected chi connectivity index (χ1v) is 7.44. The van der Waals surface area contributed by atoms with Crippen molar-refractivity contribution >= 4 is 16.7 Å². The van der Waals surface area contributed by atoms with Gasteiger partial charge in [-0.15, -0.1) is 0 Å². The quantitative estimate of drug-likeness (QED) is 0.850. The fraction of sp³-hybridized carbons (Fsp3) is 0.263. The molecule has 0 aliphatic heterocycles. The maximum absolute atomic E-state index is 12.9. The largest absolute Gasteiger partial charge is 0.360 e. The molecule has 0 fully saturated rings. The second-order valence-corrected chi connectivity index (χ2v) is 6.24. The molecule has 2 aromatic rings. The van der Waals surface area contributed by atoms with Crippen LogP contribution in [0.5, 0.6) is 0 Å². The summed E-state index contributed by atoms with van der Waals surface area (Å²) in [6, 6.07) is 7.26. The summed E-state index contributed by atoms with van der Waals surface area (Å²) in [5.41, 5.74) is 2.42.